The van der Waals surface area contributed by atoms with Crippen LogP contribution in [0.4, 0.5) is 11.4 Å². The molecule has 0 saturated carbocycles. The van der Waals surface area contributed by atoms with Crippen molar-refractivity contribution in [2.24, 2.45) is 0 Å². The predicted molar refractivity (Wildman–Crippen MR) is 105 cm³/mol. The van der Waals surface area contributed by atoms with E-state index in [2.05, 4.69) is 10.4 Å². The number of hydrogen-bond donors (Lipinski definition) is 1. The Morgan fingerprint density at radius 1 is 1.25 bits per heavy atom. The van der Waals surface area contributed by atoms with E-state index in [1.165, 1.54) is 29.1 Å². The second-order valence-electron chi connectivity index (χ2n) is 6.02. The van der Waals surface area contributed by atoms with Crippen LogP contribution in [0.5, 0.6) is 11.5 Å². The van der Waals surface area contributed by atoms with E-state index in [1.807, 2.05) is 26.0 Å². The molecule has 0 spiro atoms. The van der Waals surface area contributed by atoms with Crippen molar-refractivity contribution in [3.8, 4) is 11.5 Å². The van der Waals surface area contributed by atoms with Gasteiger partial charge in [0.1, 0.15) is 11.5 Å². The summed E-state index contributed by atoms with van der Waals surface area (Å²) in [6.07, 6.45) is 1.54. The minimum atomic E-state index is -0.570. The van der Waals surface area contributed by atoms with Crippen molar-refractivity contribution in [3.63, 3.8) is 0 Å². The fourth-order valence-electron chi connectivity index (χ4n) is 2.47. The molecule has 1 amide bonds. The maximum atomic E-state index is 12.5. The molecule has 0 radical (unpaired) electrons. The van der Waals surface area contributed by atoms with Gasteiger partial charge >= 0.3 is 0 Å². The molecule has 2 aromatic carbocycles. The number of carbonyl (C=O) groups is 1. The van der Waals surface area contributed by atoms with Crippen molar-refractivity contribution >= 4 is 28.9 Å². The van der Waals surface area contributed by atoms with Crippen LogP contribution >= 0.6 is 11.6 Å². The topological polar surface area (TPSA) is 99.3 Å². The van der Waals surface area contributed by atoms with Crippen LogP contribution in [0.1, 0.15) is 23.0 Å². The average Bonchev–Trinajstić information content (AvgIpc) is 3.04. The number of nitro groups is 1. The van der Waals surface area contributed by atoms with Gasteiger partial charge in [-0.25, -0.2) is 0 Å². The number of aromatic nitrogens is 2. The number of halogens is 1. The molecule has 28 heavy (non-hydrogen) atoms. The van der Waals surface area contributed by atoms with Gasteiger partial charge in [-0.2, -0.15) is 5.10 Å². The van der Waals surface area contributed by atoms with Gasteiger partial charge < -0.3 is 10.1 Å². The number of non-ortho nitro benzene ring substituents is 1. The summed E-state index contributed by atoms with van der Waals surface area (Å²) in [4.78, 5) is 23.2. The van der Waals surface area contributed by atoms with Crippen LogP contribution in [-0.4, -0.2) is 20.6 Å². The van der Waals surface area contributed by atoms with Crippen molar-refractivity contribution in [1.82, 2.24) is 9.78 Å². The Hall–Kier alpha value is -3.39. The lowest BCUT2D eigenvalue weighted by atomic mass is 10.2. The number of hydrogen-bond acceptors (Lipinski definition) is 5. The first kappa shape index (κ1) is 19.4. The Morgan fingerprint density at radius 3 is 2.57 bits per heavy atom. The Labute approximate surface area is 165 Å². The number of benzene rings is 2. The van der Waals surface area contributed by atoms with Gasteiger partial charge in [0.25, 0.3) is 11.6 Å². The summed E-state index contributed by atoms with van der Waals surface area (Å²) in [6, 6.07) is 11.3. The number of nitrogens with one attached hydrogen (secondary N) is 1. The van der Waals surface area contributed by atoms with Gasteiger partial charge in [-0.15, -0.1) is 0 Å². The monoisotopic (exact) mass is 400 g/mol. The molecular formula is C19H17ClN4O4. The number of ether oxygens (including phenoxy) is 1. The van der Waals surface area contributed by atoms with E-state index in [9.17, 15) is 14.9 Å². The SMILES string of the molecule is CCn1cc(Cl)c(C(=O)Nc2cc(Oc3ccc(C)cc3)cc([N+](=O)[O-])c2)n1. The van der Waals surface area contributed by atoms with Gasteiger partial charge in [0.05, 0.1) is 21.7 Å². The molecule has 0 aliphatic rings. The van der Waals surface area contributed by atoms with Crippen LogP contribution in [0.2, 0.25) is 5.02 Å². The Morgan fingerprint density at radius 2 is 1.96 bits per heavy atom. The number of nitrogens with zero attached hydrogens (tertiary/aromatic N) is 3. The summed E-state index contributed by atoms with van der Waals surface area (Å²) >= 11 is 6.04. The highest BCUT2D eigenvalue weighted by atomic mass is 35.5. The summed E-state index contributed by atoms with van der Waals surface area (Å²) in [5, 5.41) is 18.1. The lowest BCUT2D eigenvalue weighted by Gasteiger charge is -2.09. The molecule has 0 saturated heterocycles. The number of carbonyl (C=O) groups excluding carboxylic acids is 1. The summed E-state index contributed by atoms with van der Waals surface area (Å²) in [6.45, 7) is 4.36. The molecule has 8 nitrogen and oxygen atoms in total. The van der Waals surface area contributed by atoms with E-state index < -0.39 is 10.8 Å². The minimum Gasteiger partial charge on any atom is -0.457 e. The van der Waals surface area contributed by atoms with Crippen LogP contribution in [0.15, 0.2) is 48.7 Å². The number of anilines is 1. The number of amides is 1. The highest BCUT2D eigenvalue weighted by molar-refractivity contribution is 6.34. The number of nitro benzene ring substituents is 1. The first-order valence-electron chi connectivity index (χ1n) is 8.44. The molecule has 0 fully saturated rings. The zero-order valence-corrected chi connectivity index (χ0v) is 15.9. The molecular weight excluding hydrogens is 384 g/mol. The molecule has 1 N–H and O–H groups in total. The zero-order valence-electron chi connectivity index (χ0n) is 15.2. The molecule has 9 heteroatoms. The fourth-order valence-corrected chi connectivity index (χ4v) is 2.70. The third-order valence-electron chi connectivity index (χ3n) is 3.87. The van der Waals surface area contributed by atoms with E-state index >= 15 is 0 Å². The lowest BCUT2D eigenvalue weighted by molar-refractivity contribution is -0.384. The largest absolute Gasteiger partial charge is 0.457 e. The Kier molecular flexibility index (Phi) is 5.60. The van der Waals surface area contributed by atoms with Crippen molar-refractivity contribution in [1.29, 1.82) is 0 Å². The van der Waals surface area contributed by atoms with Gasteiger partial charge in [-0.05, 0) is 26.0 Å². The summed E-state index contributed by atoms with van der Waals surface area (Å²) in [5.41, 5.74) is 1.08. The van der Waals surface area contributed by atoms with Gasteiger partial charge in [0.2, 0.25) is 0 Å². The molecule has 0 atom stereocenters. The van der Waals surface area contributed by atoms with E-state index in [0.29, 0.717) is 12.3 Å². The second kappa shape index (κ2) is 8.10. The average molecular weight is 401 g/mol. The van der Waals surface area contributed by atoms with Crippen LogP contribution in [-0.2, 0) is 6.54 Å². The standard InChI is InChI=1S/C19H17ClN4O4/c1-3-23-11-17(20)18(22-23)19(25)21-13-8-14(24(26)27)10-16(9-13)28-15-6-4-12(2)5-7-15/h4-11H,3H2,1-2H3,(H,21,25). The van der Waals surface area contributed by atoms with Crippen LogP contribution in [0, 0.1) is 17.0 Å². The summed E-state index contributed by atoms with van der Waals surface area (Å²) in [7, 11) is 0. The van der Waals surface area contributed by atoms with Gasteiger partial charge in [-0.3, -0.25) is 19.6 Å². The first-order valence-corrected chi connectivity index (χ1v) is 8.82. The molecule has 0 bridgehead atoms. The molecule has 0 aliphatic carbocycles. The highest BCUT2D eigenvalue weighted by Gasteiger charge is 2.18. The minimum absolute atomic E-state index is 0.0380. The van der Waals surface area contributed by atoms with Crippen molar-refractivity contribution in [3.05, 3.63) is 75.1 Å². The molecule has 0 unspecified atom stereocenters. The van der Waals surface area contributed by atoms with Crippen LogP contribution < -0.4 is 10.1 Å². The smallest absolute Gasteiger partial charge is 0.277 e. The van der Waals surface area contributed by atoms with E-state index in [1.54, 1.807) is 12.1 Å². The molecule has 3 aromatic rings. The Bertz CT molecular complexity index is 1030. The van der Waals surface area contributed by atoms with Crippen molar-refractivity contribution < 1.29 is 14.5 Å². The highest BCUT2D eigenvalue weighted by Crippen LogP contribution is 2.30. The molecule has 1 aromatic heterocycles. The molecule has 1 heterocycles. The van der Waals surface area contributed by atoms with Gasteiger partial charge in [0.15, 0.2) is 5.69 Å². The third-order valence-corrected chi connectivity index (χ3v) is 4.15. The molecule has 0 aliphatic heterocycles. The molecule has 144 valence electrons. The zero-order chi connectivity index (χ0) is 20.3. The van der Waals surface area contributed by atoms with E-state index in [0.717, 1.165) is 5.56 Å². The fraction of sp³-hybridized carbons (Fsp3) is 0.158. The normalized spacial score (nSPS) is 10.5. The maximum Gasteiger partial charge on any atom is 0.277 e. The van der Waals surface area contributed by atoms with Gasteiger partial charge in [0, 0.05) is 24.9 Å². The summed E-state index contributed by atoms with van der Waals surface area (Å²) in [5.74, 6) is 0.172. The quantitative estimate of drug-likeness (QED) is 0.472. The van der Waals surface area contributed by atoms with Crippen LogP contribution in [0.3, 0.4) is 0 Å². The van der Waals surface area contributed by atoms with Gasteiger partial charge in [-0.1, -0.05) is 29.3 Å². The summed E-state index contributed by atoms with van der Waals surface area (Å²) < 4.78 is 7.22. The maximum absolute atomic E-state index is 12.5. The van der Waals surface area contributed by atoms with Crippen LogP contribution in [0.25, 0.3) is 0 Å². The number of aryl methyl sites for hydroxylation is 2. The predicted octanol–water partition coefficient (Wildman–Crippen LogP) is 4.82. The second-order valence-corrected chi connectivity index (χ2v) is 6.43. The van der Waals surface area contributed by atoms with Crippen molar-refractivity contribution in [2.45, 2.75) is 20.4 Å². The van der Waals surface area contributed by atoms with E-state index in [-0.39, 0.29) is 27.8 Å². The van der Waals surface area contributed by atoms with E-state index in [4.69, 9.17) is 16.3 Å². The Balaban J connectivity index is 1.88. The number of rotatable bonds is 6. The molecule has 3 rings (SSSR count). The third kappa shape index (κ3) is 4.47. The van der Waals surface area contributed by atoms with Crippen molar-refractivity contribution in [2.75, 3.05) is 5.32 Å². The first-order chi connectivity index (χ1) is 13.4. The lowest BCUT2D eigenvalue weighted by Crippen LogP contribution is -2.14.